The second-order valence-electron chi connectivity index (χ2n) is 8.06. The minimum Gasteiger partial charge on any atom is -0.493 e. The Balaban J connectivity index is 1.90. The lowest BCUT2D eigenvalue weighted by molar-refractivity contribution is -0.139. The van der Waals surface area contributed by atoms with E-state index in [0.29, 0.717) is 38.7 Å². The van der Waals surface area contributed by atoms with Crippen molar-refractivity contribution in [1.82, 2.24) is 4.57 Å². The first-order chi connectivity index (χ1) is 16.9. The van der Waals surface area contributed by atoms with E-state index >= 15 is 0 Å². The molecule has 2 heterocycles. The SMILES string of the molecule is CCOC(=O)C1=C(C)N=c2s/c(=C\c3ccc(OCC)c(OC)c3)c(=O)n2[C@H]1c1ccc(C)cc1. The largest absolute Gasteiger partial charge is 0.493 e. The van der Waals surface area contributed by atoms with Crippen molar-refractivity contribution in [3.8, 4) is 11.5 Å². The second kappa shape index (κ2) is 10.3. The van der Waals surface area contributed by atoms with Crippen LogP contribution in [-0.2, 0) is 9.53 Å². The highest BCUT2D eigenvalue weighted by Gasteiger charge is 2.33. The Kier molecular flexibility index (Phi) is 7.21. The average Bonchev–Trinajstić information content (AvgIpc) is 3.14. The molecule has 1 atom stereocenters. The van der Waals surface area contributed by atoms with Gasteiger partial charge in [-0.25, -0.2) is 9.79 Å². The van der Waals surface area contributed by atoms with Gasteiger partial charge in [0.25, 0.3) is 5.56 Å². The van der Waals surface area contributed by atoms with Gasteiger partial charge in [0.05, 0.1) is 42.2 Å². The normalized spacial score (nSPS) is 15.5. The Morgan fingerprint density at radius 1 is 1.09 bits per heavy atom. The van der Waals surface area contributed by atoms with Gasteiger partial charge in [-0.05, 0) is 57.0 Å². The molecule has 4 rings (SSSR count). The van der Waals surface area contributed by atoms with E-state index in [-0.39, 0.29) is 12.2 Å². The summed E-state index contributed by atoms with van der Waals surface area (Å²) in [4.78, 5) is 31.8. The summed E-state index contributed by atoms with van der Waals surface area (Å²) in [5, 5.41) is 0. The summed E-state index contributed by atoms with van der Waals surface area (Å²) >= 11 is 1.29. The molecule has 3 aromatic rings. The highest BCUT2D eigenvalue weighted by Crippen LogP contribution is 2.31. The molecule has 8 heteroatoms. The third-order valence-electron chi connectivity index (χ3n) is 5.70. The average molecular weight is 493 g/mol. The van der Waals surface area contributed by atoms with Gasteiger partial charge in [0.1, 0.15) is 0 Å². The van der Waals surface area contributed by atoms with Gasteiger partial charge in [-0.15, -0.1) is 0 Å². The van der Waals surface area contributed by atoms with Gasteiger partial charge in [0.2, 0.25) is 0 Å². The number of hydrogen-bond acceptors (Lipinski definition) is 7. The molecule has 0 N–H and O–H groups in total. The number of thiazole rings is 1. The number of hydrogen-bond donors (Lipinski definition) is 0. The summed E-state index contributed by atoms with van der Waals surface area (Å²) in [7, 11) is 1.58. The van der Waals surface area contributed by atoms with E-state index in [4.69, 9.17) is 14.2 Å². The number of carbonyl (C=O) groups is 1. The van der Waals surface area contributed by atoms with E-state index in [1.54, 1.807) is 31.6 Å². The van der Waals surface area contributed by atoms with Crippen LogP contribution in [0.2, 0.25) is 0 Å². The van der Waals surface area contributed by atoms with E-state index in [1.165, 1.54) is 11.3 Å². The van der Waals surface area contributed by atoms with Crippen molar-refractivity contribution >= 4 is 23.4 Å². The fourth-order valence-electron chi connectivity index (χ4n) is 4.06. The standard InChI is InChI=1S/C27H28N2O5S/c1-6-33-20-13-10-18(14-21(20)32-5)15-22-25(30)29-24(19-11-8-16(3)9-12-19)23(26(31)34-7-2)17(4)28-27(29)35-22/h8-15,24H,6-7H2,1-5H3/b22-15-/t24-/m0/s1. The van der Waals surface area contributed by atoms with Gasteiger partial charge in [-0.2, -0.15) is 0 Å². The van der Waals surface area contributed by atoms with Crippen LogP contribution < -0.4 is 24.4 Å². The number of nitrogens with zero attached hydrogens (tertiary/aromatic N) is 2. The summed E-state index contributed by atoms with van der Waals surface area (Å²) in [6, 6.07) is 12.7. The lowest BCUT2D eigenvalue weighted by atomic mass is 9.95. The summed E-state index contributed by atoms with van der Waals surface area (Å²) < 4.78 is 18.5. The van der Waals surface area contributed by atoms with Gasteiger partial charge in [0.15, 0.2) is 16.3 Å². The zero-order chi connectivity index (χ0) is 25.1. The minimum absolute atomic E-state index is 0.221. The van der Waals surface area contributed by atoms with Crippen LogP contribution in [0.3, 0.4) is 0 Å². The van der Waals surface area contributed by atoms with Crippen molar-refractivity contribution in [2.24, 2.45) is 4.99 Å². The molecule has 182 valence electrons. The van der Waals surface area contributed by atoms with Gasteiger partial charge in [-0.1, -0.05) is 47.2 Å². The van der Waals surface area contributed by atoms with Crippen LogP contribution in [0.25, 0.3) is 6.08 Å². The number of rotatable bonds is 7. The molecule has 0 fully saturated rings. The predicted octanol–water partition coefficient (Wildman–Crippen LogP) is 3.51. The Hall–Kier alpha value is -3.65. The smallest absolute Gasteiger partial charge is 0.338 e. The van der Waals surface area contributed by atoms with Gasteiger partial charge < -0.3 is 14.2 Å². The first-order valence-corrected chi connectivity index (χ1v) is 12.3. The molecule has 0 unspecified atom stereocenters. The van der Waals surface area contributed by atoms with Gasteiger partial charge >= 0.3 is 5.97 Å². The van der Waals surface area contributed by atoms with Crippen molar-refractivity contribution in [3.63, 3.8) is 0 Å². The van der Waals surface area contributed by atoms with Gasteiger partial charge in [0, 0.05) is 0 Å². The minimum atomic E-state index is -0.622. The van der Waals surface area contributed by atoms with Crippen LogP contribution in [0.4, 0.5) is 0 Å². The van der Waals surface area contributed by atoms with Gasteiger partial charge in [-0.3, -0.25) is 9.36 Å². The van der Waals surface area contributed by atoms with Crippen LogP contribution >= 0.6 is 11.3 Å². The highest BCUT2D eigenvalue weighted by molar-refractivity contribution is 7.07. The maximum atomic E-state index is 13.7. The monoisotopic (exact) mass is 492 g/mol. The molecule has 1 aliphatic heterocycles. The number of allylic oxidation sites excluding steroid dienone is 1. The van der Waals surface area contributed by atoms with E-state index in [1.807, 2.05) is 56.3 Å². The highest BCUT2D eigenvalue weighted by atomic mass is 32.1. The zero-order valence-electron chi connectivity index (χ0n) is 20.5. The fraction of sp³-hybridized carbons (Fsp3) is 0.296. The van der Waals surface area contributed by atoms with Crippen LogP contribution in [-0.4, -0.2) is 30.9 Å². The quantitative estimate of drug-likeness (QED) is 0.472. The maximum Gasteiger partial charge on any atom is 0.338 e. The summed E-state index contributed by atoms with van der Waals surface area (Å²) in [6.45, 7) is 8.20. The molecule has 0 amide bonds. The zero-order valence-corrected chi connectivity index (χ0v) is 21.3. The first kappa shape index (κ1) is 24.5. The molecular weight excluding hydrogens is 464 g/mol. The Morgan fingerprint density at radius 2 is 1.83 bits per heavy atom. The maximum absolute atomic E-state index is 13.7. The molecular formula is C27H28N2O5S. The number of esters is 1. The van der Waals surface area contributed by atoms with Crippen molar-refractivity contribution in [2.75, 3.05) is 20.3 Å². The molecule has 2 aromatic carbocycles. The molecule has 0 bridgehead atoms. The summed E-state index contributed by atoms with van der Waals surface area (Å²) in [5.74, 6) is 0.763. The first-order valence-electron chi connectivity index (χ1n) is 11.4. The number of aromatic nitrogens is 1. The molecule has 0 saturated carbocycles. The summed E-state index contributed by atoms with van der Waals surface area (Å²) in [5.41, 5.74) is 3.40. The van der Waals surface area contributed by atoms with Crippen molar-refractivity contribution < 1.29 is 19.0 Å². The van der Waals surface area contributed by atoms with E-state index in [0.717, 1.165) is 16.7 Å². The third kappa shape index (κ3) is 4.79. The summed E-state index contributed by atoms with van der Waals surface area (Å²) in [6.07, 6.45) is 1.80. The number of carbonyl (C=O) groups excluding carboxylic acids is 1. The molecule has 0 aliphatic carbocycles. The number of aryl methyl sites for hydroxylation is 1. The lowest BCUT2D eigenvalue weighted by Crippen LogP contribution is -2.39. The molecule has 0 saturated heterocycles. The molecule has 35 heavy (non-hydrogen) atoms. The molecule has 0 radical (unpaired) electrons. The Bertz CT molecular complexity index is 1460. The van der Waals surface area contributed by atoms with Crippen LogP contribution in [0.1, 0.15) is 43.5 Å². The topological polar surface area (TPSA) is 79.1 Å². The third-order valence-corrected chi connectivity index (χ3v) is 6.68. The predicted molar refractivity (Wildman–Crippen MR) is 136 cm³/mol. The molecule has 0 spiro atoms. The van der Waals surface area contributed by atoms with Crippen LogP contribution in [0.15, 0.2) is 63.5 Å². The van der Waals surface area contributed by atoms with E-state index < -0.39 is 12.0 Å². The van der Waals surface area contributed by atoms with Crippen molar-refractivity contribution in [2.45, 2.75) is 33.7 Å². The van der Waals surface area contributed by atoms with Crippen LogP contribution in [0, 0.1) is 6.92 Å². The number of methoxy groups -OCH3 is 1. The Labute approximate surface area is 207 Å². The van der Waals surface area contributed by atoms with E-state index in [9.17, 15) is 9.59 Å². The van der Waals surface area contributed by atoms with Crippen molar-refractivity contribution in [3.05, 3.63) is 90.1 Å². The van der Waals surface area contributed by atoms with Crippen LogP contribution in [0.5, 0.6) is 11.5 Å². The molecule has 1 aliphatic rings. The number of fused-ring (bicyclic) bond motifs is 1. The van der Waals surface area contributed by atoms with E-state index in [2.05, 4.69) is 4.99 Å². The number of ether oxygens (including phenoxy) is 3. The second-order valence-corrected chi connectivity index (χ2v) is 9.07. The molecule has 7 nitrogen and oxygen atoms in total. The lowest BCUT2D eigenvalue weighted by Gasteiger charge is -2.24. The Morgan fingerprint density at radius 3 is 2.49 bits per heavy atom. The number of benzene rings is 2. The fourth-order valence-corrected chi connectivity index (χ4v) is 5.10. The molecule has 1 aromatic heterocycles. The van der Waals surface area contributed by atoms with Crippen molar-refractivity contribution in [1.29, 1.82) is 0 Å².